The summed E-state index contributed by atoms with van der Waals surface area (Å²) in [5.41, 5.74) is 8.75. The Bertz CT molecular complexity index is 197. The fraction of sp³-hybridized carbons (Fsp3) is 0. The van der Waals surface area contributed by atoms with E-state index < -0.39 is 0 Å². The Morgan fingerprint density at radius 2 is 2.62 bits per heavy atom. The van der Waals surface area contributed by atoms with E-state index in [0.29, 0.717) is 8.19 Å². The van der Waals surface area contributed by atoms with Crippen LogP contribution in [0.15, 0.2) is 23.0 Å². The van der Waals surface area contributed by atoms with Gasteiger partial charge < -0.3 is 0 Å². The van der Waals surface area contributed by atoms with Gasteiger partial charge in [0.1, 0.15) is 0 Å². The summed E-state index contributed by atoms with van der Waals surface area (Å²) in [6.07, 6.45) is 0. The third kappa shape index (κ3) is 1.03. The number of hydrogen-bond donors (Lipinski definition) is 0. The lowest BCUT2D eigenvalue weighted by Crippen LogP contribution is -1.34. The van der Waals surface area contributed by atoms with Crippen LogP contribution in [-0.4, -0.2) is 0 Å². The van der Waals surface area contributed by atoms with Crippen molar-refractivity contribution < 1.29 is 0 Å². The van der Waals surface area contributed by atoms with Crippen LogP contribution in [0.2, 0.25) is 0 Å². The number of nitrogens with zero attached hydrogens (tertiary/aromatic N) is 3. The van der Waals surface area contributed by atoms with Crippen molar-refractivity contribution in [1.29, 1.82) is 0 Å². The minimum absolute atomic E-state index is 0.567. The molecule has 1 aromatic rings. The van der Waals surface area contributed by atoms with E-state index in [1.54, 1.807) is 0 Å². The number of azide groups is 1. The number of rotatable bonds is 1. The van der Waals surface area contributed by atoms with Crippen LogP contribution < -0.4 is 0 Å². The van der Waals surface area contributed by atoms with Crippen LogP contribution >= 0.6 is 8.19 Å². The third-order valence-corrected chi connectivity index (χ3v) is 1.66. The summed E-state index contributed by atoms with van der Waals surface area (Å²) in [5.74, 6) is 1.98. The highest BCUT2D eigenvalue weighted by Gasteiger charge is 1.80. The van der Waals surface area contributed by atoms with E-state index in [2.05, 4.69) is 10.0 Å². The van der Waals surface area contributed by atoms with Gasteiger partial charge in [-0.05, 0) is 17.4 Å². The first kappa shape index (κ1) is 5.23. The highest BCUT2D eigenvalue weighted by molar-refractivity contribution is 7.33. The first-order valence-electron chi connectivity index (χ1n) is 2.12. The molecule has 8 heavy (non-hydrogen) atoms. The molecule has 4 heteroatoms. The van der Waals surface area contributed by atoms with E-state index in [4.69, 9.17) is 5.53 Å². The molecule has 0 fully saturated rings. The van der Waals surface area contributed by atoms with Gasteiger partial charge in [-0.25, -0.2) is 0 Å². The number of hydrogen-bond acceptors (Lipinski definition) is 1. The van der Waals surface area contributed by atoms with E-state index in [1.165, 1.54) is 0 Å². The van der Waals surface area contributed by atoms with Crippen LogP contribution in [0.1, 0.15) is 0 Å². The van der Waals surface area contributed by atoms with Crippen LogP contribution in [0.4, 0.5) is 5.42 Å². The van der Waals surface area contributed by atoms with Gasteiger partial charge >= 0.3 is 0 Å². The fourth-order valence-electron chi connectivity index (χ4n) is 0.431. The molecule has 0 bridgehead atoms. The van der Waals surface area contributed by atoms with E-state index in [0.717, 1.165) is 5.42 Å². The Balaban J connectivity index is 2.93. The Morgan fingerprint density at radius 1 is 1.75 bits per heavy atom. The normalized spacial score (nSPS) is 9.00. The van der Waals surface area contributed by atoms with Gasteiger partial charge in [-0.1, -0.05) is 11.2 Å². The monoisotopic (exact) mass is 125 g/mol. The van der Waals surface area contributed by atoms with Crippen LogP contribution in [-0.2, 0) is 0 Å². The van der Waals surface area contributed by atoms with Gasteiger partial charge in [-0.2, -0.15) is 0 Å². The molecule has 1 rings (SSSR count). The predicted molar refractivity (Wildman–Crippen MR) is 34.7 cm³/mol. The maximum absolute atomic E-state index is 7.92. The summed E-state index contributed by atoms with van der Waals surface area (Å²) < 4.78 is 0. The topological polar surface area (TPSA) is 48.8 Å². The quantitative estimate of drug-likeness (QED) is 0.314. The smallest absolute Gasteiger partial charge is 0.0540 e. The van der Waals surface area contributed by atoms with Gasteiger partial charge in [-0.3, -0.25) is 0 Å². The Labute approximate surface area is 48.1 Å². The second-order valence-corrected chi connectivity index (χ2v) is 2.38. The lowest BCUT2D eigenvalue weighted by Gasteiger charge is -1.71. The Hall–Kier alpha value is -0.910. The molecule has 40 valence electrons. The van der Waals surface area contributed by atoms with Gasteiger partial charge in [0.25, 0.3) is 0 Å². The molecule has 0 aliphatic rings. The van der Waals surface area contributed by atoms with Crippen molar-refractivity contribution in [3.63, 3.8) is 0 Å². The molecule has 0 saturated carbocycles. The van der Waals surface area contributed by atoms with Crippen molar-refractivity contribution in [1.82, 2.24) is 0 Å². The lowest BCUT2D eigenvalue weighted by molar-refractivity contribution is 1.57. The SMILES string of the molecule is [N-]=[N+]=Nc1ccc[pH]1. The molecule has 0 saturated heterocycles. The molecule has 1 atom stereocenters. The molecular weight excluding hydrogens is 121 g/mol. The summed E-state index contributed by atoms with van der Waals surface area (Å²) in [6.45, 7) is 0. The Morgan fingerprint density at radius 3 is 3.12 bits per heavy atom. The predicted octanol–water partition coefficient (Wildman–Crippen LogP) is 2.66. The molecule has 0 amide bonds. The molecular formula is C4H4N3P. The largest absolute Gasteiger partial charge is 0.130 e. The summed E-state index contributed by atoms with van der Waals surface area (Å²) in [5, 5.41) is 3.42. The zero-order chi connectivity index (χ0) is 5.82. The zero-order valence-electron chi connectivity index (χ0n) is 4.07. The molecule has 1 heterocycles. The average molecular weight is 125 g/mol. The highest BCUT2D eigenvalue weighted by Crippen LogP contribution is 2.24. The van der Waals surface area contributed by atoms with E-state index in [-0.39, 0.29) is 0 Å². The molecule has 0 aromatic carbocycles. The molecule has 0 aliphatic heterocycles. The van der Waals surface area contributed by atoms with Crippen molar-refractivity contribution >= 4 is 13.6 Å². The van der Waals surface area contributed by atoms with Gasteiger partial charge in [0.05, 0.1) is 5.42 Å². The third-order valence-electron chi connectivity index (χ3n) is 0.734. The summed E-state index contributed by atoms with van der Waals surface area (Å²) in [6, 6.07) is 3.71. The van der Waals surface area contributed by atoms with E-state index in [9.17, 15) is 0 Å². The van der Waals surface area contributed by atoms with Crippen molar-refractivity contribution in [3.05, 3.63) is 28.4 Å². The van der Waals surface area contributed by atoms with Crippen molar-refractivity contribution in [2.75, 3.05) is 0 Å². The fourth-order valence-corrected chi connectivity index (χ4v) is 1.09. The van der Waals surface area contributed by atoms with Gasteiger partial charge in [0, 0.05) is 4.91 Å². The second-order valence-electron chi connectivity index (χ2n) is 1.24. The van der Waals surface area contributed by atoms with E-state index >= 15 is 0 Å². The molecule has 0 radical (unpaired) electrons. The first-order valence-corrected chi connectivity index (χ1v) is 3.19. The second kappa shape index (κ2) is 2.41. The minimum atomic E-state index is 0.567. The van der Waals surface area contributed by atoms with Crippen LogP contribution in [0, 0.1) is 0 Å². The Kier molecular flexibility index (Phi) is 1.58. The van der Waals surface area contributed by atoms with Crippen LogP contribution in [0.5, 0.6) is 0 Å². The average Bonchev–Trinajstić information content (AvgIpc) is 2.19. The van der Waals surface area contributed by atoms with Gasteiger partial charge in [0.15, 0.2) is 0 Å². The summed E-state index contributed by atoms with van der Waals surface area (Å²) in [4.78, 5) is 2.64. The van der Waals surface area contributed by atoms with Crippen molar-refractivity contribution in [2.45, 2.75) is 0 Å². The van der Waals surface area contributed by atoms with Crippen LogP contribution in [0.3, 0.4) is 0 Å². The van der Waals surface area contributed by atoms with Crippen molar-refractivity contribution in [2.24, 2.45) is 5.11 Å². The highest BCUT2D eigenvalue weighted by atomic mass is 31.0. The molecule has 0 N–H and O–H groups in total. The molecule has 0 aliphatic carbocycles. The standard InChI is InChI=1S/C4H4N3P/c5-7-6-4-2-1-3-8-4/h1-3,8H. The zero-order valence-corrected chi connectivity index (χ0v) is 5.07. The molecule has 1 aromatic heterocycles. The maximum atomic E-state index is 7.92. The van der Waals surface area contributed by atoms with Crippen molar-refractivity contribution in [3.8, 4) is 0 Å². The molecule has 3 nitrogen and oxygen atoms in total. The van der Waals surface area contributed by atoms with Gasteiger partial charge in [-0.15, -0.1) is 8.19 Å². The summed E-state index contributed by atoms with van der Waals surface area (Å²) in [7, 11) is 0.567. The lowest BCUT2D eigenvalue weighted by atomic mass is 10.6. The summed E-state index contributed by atoms with van der Waals surface area (Å²) >= 11 is 0. The first-order chi connectivity index (χ1) is 3.93. The van der Waals surface area contributed by atoms with E-state index in [1.807, 2.05) is 17.9 Å². The van der Waals surface area contributed by atoms with Gasteiger partial charge in [0.2, 0.25) is 0 Å². The molecule has 1 unspecified atom stereocenters. The molecule has 0 spiro atoms. The minimum Gasteiger partial charge on any atom is -0.130 e. The maximum Gasteiger partial charge on any atom is 0.0540 e. The van der Waals surface area contributed by atoms with Crippen LogP contribution in [0.25, 0.3) is 10.4 Å².